The van der Waals surface area contributed by atoms with Gasteiger partial charge in [-0.15, -0.1) is 0 Å². The molecule has 0 bridgehead atoms. The smallest absolute Gasteiger partial charge is 0.138 e. The first-order valence-electron chi connectivity index (χ1n) is 8.80. The van der Waals surface area contributed by atoms with Crippen LogP contribution in [0.5, 0.6) is 0 Å². The Morgan fingerprint density at radius 3 is 2.70 bits per heavy atom. The molecule has 2 heterocycles. The van der Waals surface area contributed by atoms with Crippen molar-refractivity contribution >= 4 is 10.9 Å². The lowest BCUT2D eigenvalue weighted by Crippen LogP contribution is -2.22. The van der Waals surface area contributed by atoms with Crippen molar-refractivity contribution in [3.63, 3.8) is 0 Å². The maximum absolute atomic E-state index is 14.0. The fraction of sp³-hybridized carbons (Fsp3) is 0.190. The molecule has 0 amide bonds. The average molecular weight is 361 g/mol. The van der Waals surface area contributed by atoms with Crippen LogP contribution in [0.15, 0.2) is 67.4 Å². The molecule has 4 rings (SSSR count). The molecule has 0 radical (unpaired) electrons. The van der Waals surface area contributed by atoms with E-state index in [0.29, 0.717) is 6.54 Å². The summed E-state index contributed by atoms with van der Waals surface area (Å²) in [6, 6.07) is 15.2. The summed E-state index contributed by atoms with van der Waals surface area (Å²) in [6.07, 6.45) is 4.93. The Kier molecular flexibility index (Phi) is 4.64. The molecule has 1 unspecified atom stereocenters. The van der Waals surface area contributed by atoms with E-state index in [9.17, 15) is 4.39 Å². The molecule has 0 saturated heterocycles. The van der Waals surface area contributed by atoms with Crippen LogP contribution in [0.25, 0.3) is 16.6 Å². The van der Waals surface area contributed by atoms with E-state index in [2.05, 4.69) is 39.0 Å². The first-order valence-corrected chi connectivity index (χ1v) is 8.80. The Morgan fingerprint density at radius 2 is 1.96 bits per heavy atom. The molecule has 2 aromatic carbocycles. The molecule has 0 aliphatic rings. The summed E-state index contributed by atoms with van der Waals surface area (Å²) in [5.74, 6) is -0.233. The second-order valence-electron chi connectivity index (χ2n) is 6.66. The van der Waals surface area contributed by atoms with E-state index in [4.69, 9.17) is 0 Å². The Balaban J connectivity index is 1.55. The van der Waals surface area contributed by atoms with E-state index in [1.165, 1.54) is 18.0 Å². The third-order valence-corrected chi connectivity index (χ3v) is 4.89. The highest BCUT2D eigenvalue weighted by atomic mass is 19.1. The monoisotopic (exact) mass is 361 g/mol. The summed E-state index contributed by atoms with van der Waals surface area (Å²) in [5, 5.41) is 4.97. The van der Waals surface area contributed by atoms with Gasteiger partial charge in [-0.1, -0.05) is 18.2 Å². The van der Waals surface area contributed by atoms with Gasteiger partial charge in [0.15, 0.2) is 0 Å². The molecule has 0 spiro atoms. The molecule has 0 aliphatic carbocycles. The highest BCUT2D eigenvalue weighted by molar-refractivity contribution is 5.81. The van der Waals surface area contributed by atoms with E-state index >= 15 is 0 Å². The molecule has 0 N–H and O–H groups in total. The number of pyridine rings is 1. The number of halogens is 1. The van der Waals surface area contributed by atoms with Crippen molar-refractivity contribution in [2.75, 3.05) is 7.05 Å². The van der Waals surface area contributed by atoms with Crippen molar-refractivity contribution in [2.24, 2.45) is 0 Å². The number of rotatable bonds is 5. The number of fused-ring (bicyclic) bond motifs is 1. The van der Waals surface area contributed by atoms with Gasteiger partial charge in [-0.3, -0.25) is 9.88 Å². The van der Waals surface area contributed by atoms with Crippen LogP contribution in [0, 0.1) is 5.82 Å². The van der Waals surface area contributed by atoms with Crippen molar-refractivity contribution in [3.05, 3.63) is 84.3 Å². The minimum atomic E-state index is -0.233. The first kappa shape index (κ1) is 17.3. The Hall–Kier alpha value is -3.12. The van der Waals surface area contributed by atoms with Gasteiger partial charge in [0.1, 0.15) is 18.5 Å². The largest absolute Gasteiger partial charge is 0.295 e. The van der Waals surface area contributed by atoms with Gasteiger partial charge in [0.25, 0.3) is 0 Å². The summed E-state index contributed by atoms with van der Waals surface area (Å²) >= 11 is 0. The van der Waals surface area contributed by atoms with Crippen LogP contribution in [-0.2, 0) is 6.54 Å². The van der Waals surface area contributed by atoms with E-state index in [1.54, 1.807) is 23.3 Å². The molecule has 0 fully saturated rings. The third kappa shape index (κ3) is 3.57. The predicted octanol–water partition coefficient (Wildman–Crippen LogP) is 4.15. The highest BCUT2D eigenvalue weighted by Gasteiger charge is 2.15. The van der Waals surface area contributed by atoms with Gasteiger partial charge in [0, 0.05) is 24.2 Å². The molecule has 0 saturated carbocycles. The first-order chi connectivity index (χ1) is 13.1. The Labute approximate surface area is 157 Å². The molecule has 2 aromatic heterocycles. The summed E-state index contributed by atoms with van der Waals surface area (Å²) in [5.41, 5.74) is 3.88. The standard InChI is InChI=1S/C21H20FN5/c1-15(16-5-7-20(8-6-16)27-14-23-13-25-27)26(2)12-18-11-19(22)10-17-4-3-9-24-21(17)18/h3-11,13-15H,12H2,1-2H3. The molecule has 136 valence electrons. The van der Waals surface area contributed by atoms with Gasteiger partial charge in [-0.25, -0.2) is 14.1 Å². The number of nitrogens with zero attached hydrogens (tertiary/aromatic N) is 5. The van der Waals surface area contributed by atoms with Crippen LogP contribution in [0.3, 0.4) is 0 Å². The highest BCUT2D eigenvalue weighted by Crippen LogP contribution is 2.25. The molecular weight excluding hydrogens is 341 g/mol. The summed E-state index contributed by atoms with van der Waals surface area (Å²) in [6.45, 7) is 2.75. The molecular formula is C21H20FN5. The maximum Gasteiger partial charge on any atom is 0.138 e. The lowest BCUT2D eigenvalue weighted by molar-refractivity contribution is 0.253. The predicted molar refractivity (Wildman–Crippen MR) is 103 cm³/mol. The van der Waals surface area contributed by atoms with E-state index in [1.807, 2.05) is 31.3 Å². The Morgan fingerprint density at radius 1 is 1.15 bits per heavy atom. The topological polar surface area (TPSA) is 46.8 Å². The molecule has 5 nitrogen and oxygen atoms in total. The van der Waals surface area contributed by atoms with Gasteiger partial charge >= 0.3 is 0 Å². The van der Waals surface area contributed by atoms with Crippen molar-refractivity contribution < 1.29 is 4.39 Å². The van der Waals surface area contributed by atoms with Gasteiger partial charge in [-0.2, -0.15) is 5.10 Å². The van der Waals surface area contributed by atoms with Crippen molar-refractivity contribution in [1.82, 2.24) is 24.6 Å². The van der Waals surface area contributed by atoms with Crippen molar-refractivity contribution in [2.45, 2.75) is 19.5 Å². The van der Waals surface area contributed by atoms with Crippen molar-refractivity contribution in [1.29, 1.82) is 0 Å². The quantitative estimate of drug-likeness (QED) is 0.536. The average Bonchev–Trinajstić information content (AvgIpc) is 3.22. The van der Waals surface area contributed by atoms with E-state index < -0.39 is 0 Å². The second kappa shape index (κ2) is 7.25. The minimum Gasteiger partial charge on any atom is -0.295 e. The normalized spacial score (nSPS) is 12.6. The van der Waals surface area contributed by atoms with Gasteiger partial charge in [0.2, 0.25) is 0 Å². The third-order valence-electron chi connectivity index (χ3n) is 4.89. The zero-order valence-electron chi connectivity index (χ0n) is 15.2. The van der Waals surface area contributed by atoms with E-state index in [-0.39, 0.29) is 11.9 Å². The maximum atomic E-state index is 14.0. The van der Waals surface area contributed by atoms with Crippen LogP contribution in [0.4, 0.5) is 4.39 Å². The fourth-order valence-corrected chi connectivity index (χ4v) is 3.26. The van der Waals surface area contributed by atoms with E-state index in [0.717, 1.165) is 22.2 Å². The van der Waals surface area contributed by atoms with Crippen LogP contribution < -0.4 is 0 Å². The Bertz CT molecular complexity index is 1040. The zero-order valence-corrected chi connectivity index (χ0v) is 15.2. The number of aromatic nitrogens is 4. The van der Waals surface area contributed by atoms with Crippen LogP contribution in [0.1, 0.15) is 24.1 Å². The summed E-state index contributed by atoms with van der Waals surface area (Å²) < 4.78 is 15.7. The van der Waals surface area contributed by atoms with Crippen LogP contribution in [-0.4, -0.2) is 31.7 Å². The van der Waals surface area contributed by atoms with Gasteiger partial charge in [-0.05, 0) is 55.4 Å². The molecule has 6 heteroatoms. The summed E-state index contributed by atoms with van der Waals surface area (Å²) in [7, 11) is 2.04. The molecule has 27 heavy (non-hydrogen) atoms. The lowest BCUT2D eigenvalue weighted by Gasteiger charge is -2.25. The zero-order chi connectivity index (χ0) is 18.8. The van der Waals surface area contributed by atoms with Gasteiger partial charge < -0.3 is 0 Å². The SMILES string of the molecule is CC(c1ccc(-n2cncn2)cc1)N(C)Cc1cc(F)cc2cccnc12. The fourth-order valence-electron chi connectivity index (χ4n) is 3.26. The number of hydrogen-bond acceptors (Lipinski definition) is 4. The minimum absolute atomic E-state index is 0.164. The second-order valence-corrected chi connectivity index (χ2v) is 6.66. The number of hydrogen-bond donors (Lipinski definition) is 0. The number of benzene rings is 2. The molecule has 4 aromatic rings. The van der Waals surface area contributed by atoms with Crippen LogP contribution >= 0.6 is 0 Å². The summed E-state index contributed by atoms with van der Waals surface area (Å²) in [4.78, 5) is 10.6. The van der Waals surface area contributed by atoms with Crippen molar-refractivity contribution in [3.8, 4) is 5.69 Å². The lowest BCUT2D eigenvalue weighted by atomic mass is 10.0. The van der Waals surface area contributed by atoms with Crippen LogP contribution in [0.2, 0.25) is 0 Å². The van der Waals surface area contributed by atoms with Gasteiger partial charge in [0.05, 0.1) is 11.2 Å². The molecule has 1 atom stereocenters. The molecule has 0 aliphatic heterocycles.